The lowest BCUT2D eigenvalue weighted by Crippen LogP contribution is -2.53. The third-order valence-electron chi connectivity index (χ3n) is 16.0. The molecule has 1 nitrogen and oxygen atoms in total. The Morgan fingerprint density at radius 1 is 0.111 bits per heavy atom. The number of furan rings is 1. The van der Waals surface area contributed by atoms with Crippen molar-refractivity contribution in [1.29, 1.82) is 0 Å². The molecule has 0 amide bonds. The SMILES string of the molecule is [B]c1c([B])c(-c2c([B])c([B])c3c(-c4c5c([B])c([B])c([B])c([B])c5c(-c5c([B])c([B])c([B])c6c([B])c([B])c([B])c([B])c56)c5c([B])c([B])c([B])c([B])c45)c([B])c([B])c([B])c3c2[B])c2c(oc3c([B])c4c([B])c([B])c([B])c([B])c4c([B])c32)c1[B]. The summed E-state index contributed by atoms with van der Waals surface area (Å²) >= 11 is 0. The van der Waals surface area contributed by atoms with Crippen LogP contribution in [-0.4, -0.2) is 235 Å². The number of benzene rings is 10. The Hall–Kier alpha value is -4.75. The van der Waals surface area contributed by atoms with E-state index in [1.807, 2.05) is 0 Å². The molecule has 1 aromatic heterocycles. The minimum absolute atomic E-state index is 0.0170. The van der Waals surface area contributed by atoms with Crippen molar-refractivity contribution in [2.24, 2.45) is 0 Å². The van der Waals surface area contributed by atoms with Gasteiger partial charge in [0.25, 0.3) is 0 Å². The maximum absolute atomic E-state index is 7.42. The number of rotatable bonds is 3. The Morgan fingerprint density at radius 3 is 0.642 bits per heavy atom. The Kier molecular flexibility index (Phi) is 13.9. The summed E-state index contributed by atoms with van der Waals surface area (Å²) in [5.41, 5.74) is -5.66. The number of hydrogen-bond donors (Lipinski definition) is 0. The first-order valence-corrected chi connectivity index (χ1v) is 23.8. The Bertz CT molecular complexity index is 4840. The third-order valence-corrected chi connectivity index (χ3v) is 16.0. The standard InChI is InChI=1S/C50B30O/c51-19-13-9(21(53)30(62)14(19)11-12-18-20(52)16-17(35(67)46(78)45(77)34(16)66)36(68)50(18)81-49(12)48(80)47(79)29(11)61)7(22(54)37(69)31(13)63)1-3-5(26(58)41(73)39(71)24(3)56)2(6-4(1)25(57)40(72)42(74)27(6)59)8-10-15(32(64)38(70)23(8)55)33(65)44(76)43(75)28(10)60. The van der Waals surface area contributed by atoms with Crippen LogP contribution in [0.4, 0.5) is 0 Å². The summed E-state index contributed by atoms with van der Waals surface area (Å²) in [5, 5.41) is 0.145. The quantitative estimate of drug-likeness (QED) is 0.127. The van der Waals surface area contributed by atoms with Crippen molar-refractivity contribution in [2.75, 3.05) is 0 Å². The van der Waals surface area contributed by atoms with E-state index in [1.165, 1.54) is 0 Å². The molecule has 31 heteroatoms. The van der Waals surface area contributed by atoms with Crippen molar-refractivity contribution in [3.05, 3.63) is 0 Å². The second-order valence-corrected chi connectivity index (χ2v) is 19.9. The van der Waals surface area contributed by atoms with E-state index in [2.05, 4.69) is 0 Å². The van der Waals surface area contributed by atoms with E-state index in [-0.39, 0.29) is 273 Å². The zero-order valence-electron chi connectivity index (χ0n) is 42.7. The van der Waals surface area contributed by atoms with Gasteiger partial charge in [0.2, 0.25) is 0 Å². The number of fused-ring (bicyclic) bond motifs is 8. The van der Waals surface area contributed by atoms with Gasteiger partial charge in [-0.25, -0.2) is 0 Å². The average Bonchev–Trinajstić information content (AvgIpc) is 4.09. The first-order chi connectivity index (χ1) is 37.8. The third kappa shape index (κ3) is 7.30. The monoisotopic (exact) mass is 946 g/mol. The fourth-order valence-electron chi connectivity index (χ4n) is 11.8. The summed E-state index contributed by atoms with van der Waals surface area (Å²) in [6.45, 7) is 0. The molecule has 0 fully saturated rings. The molecule has 0 bridgehead atoms. The second-order valence-electron chi connectivity index (χ2n) is 19.9. The molecule has 0 N–H and O–H groups in total. The molecule has 0 aliphatic heterocycles. The highest BCUT2D eigenvalue weighted by molar-refractivity contribution is 6.78. The van der Waals surface area contributed by atoms with Gasteiger partial charge >= 0.3 is 0 Å². The molecular weight excluding hydrogens is 941 g/mol. The van der Waals surface area contributed by atoms with Gasteiger partial charge in [0.15, 0.2) is 0 Å². The van der Waals surface area contributed by atoms with E-state index >= 15 is 0 Å². The molecule has 0 aliphatic rings. The van der Waals surface area contributed by atoms with Gasteiger partial charge in [-0.15, -0.1) is 60.1 Å². The highest BCUT2D eigenvalue weighted by Gasteiger charge is 2.32. The Balaban J connectivity index is 1.41. The topological polar surface area (TPSA) is 13.1 Å². The van der Waals surface area contributed by atoms with E-state index in [9.17, 15) is 0 Å². The first kappa shape index (κ1) is 58.0. The molecule has 1 heterocycles. The zero-order chi connectivity index (χ0) is 59.6. The van der Waals surface area contributed by atoms with Gasteiger partial charge in [0, 0.05) is 10.8 Å². The fourth-order valence-corrected chi connectivity index (χ4v) is 11.8. The van der Waals surface area contributed by atoms with E-state index in [0.717, 1.165) is 0 Å². The van der Waals surface area contributed by atoms with Crippen molar-refractivity contribution in [3.8, 4) is 33.4 Å². The van der Waals surface area contributed by atoms with Crippen molar-refractivity contribution >= 4 is 475 Å². The molecule has 0 aliphatic carbocycles. The normalized spacial score (nSPS) is 12.0. The largest absolute Gasteiger partial charge is 0.457 e. The summed E-state index contributed by atoms with van der Waals surface area (Å²) in [4.78, 5) is 0. The van der Waals surface area contributed by atoms with Crippen molar-refractivity contribution < 1.29 is 4.42 Å². The summed E-state index contributed by atoms with van der Waals surface area (Å²) in [5.74, 6) is 0. The molecule has 11 aromatic rings. The van der Waals surface area contributed by atoms with Crippen molar-refractivity contribution in [3.63, 3.8) is 0 Å². The Labute approximate surface area is 509 Å². The van der Waals surface area contributed by atoms with Crippen LogP contribution < -0.4 is 164 Å². The van der Waals surface area contributed by atoms with Gasteiger partial charge < -0.3 is 4.42 Å². The van der Waals surface area contributed by atoms with Crippen LogP contribution in [-0.2, 0) is 0 Å². The summed E-state index contributed by atoms with van der Waals surface area (Å²) in [7, 11) is 206. The van der Waals surface area contributed by atoms with Crippen LogP contribution in [0.3, 0.4) is 0 Å². The maximum atomic E-state index is 7.42. The summed E-state index contributed by atoms with van der Waals surface area (Å²) < 4.78 is 6.43. The summed E-state index contributed by atoms with van der Waals surface area (Å²) in [6.07, 6.45) is 0. The smallest absolute Gasteiger partial charge is 0.128 e. The lowest BCUT2D eigenvalue weighted by molar-refractivity contribution is 0.675. The second kappa shape index (κ2) is 19.4. The van der Waals surface area contributed by atoms with Crippen LogP contribution in [0.2, 0.25) is 0 Å². The Morgan fingerprint density at radius 2 is 0.309 bits per heavy atom. The minimum Gasteiger partial charge on any atom is -0.457 e. The highest BCUT2D eigenvalue weighted by atomic mass is 16.3. The van der Waals surface area contributed by atoms with Crippen LogP contribution in [0.25, 0.3) is 109 Å². The zero-order valence-corrected chi connectivity index (χ0v) is 42.7. The van der Waals surface area contributed by atoms with Crippen LogP contribution in [0, 0.1) is 0 Å². The van der Waals surface area contributed by atoms with Gasteiger partial charge in [-0.2, -0.15) is 0 Å². The lowest BCUT2D eigenvalue weighted by Gasteiger charge is -2.33. The predicted molar refractivity (Wildman–Crippen MR) is 379 cm³/mol. The van der Waals surface area contributed by atoms with Crippen LogP contribution in [0.1, 0.15) is 0 Å². The van der Waals surface area contributed by atoms with Crippen molar-refractivity contribution in [2.45, 2.75) is 0 Å². The molecule has 60 radical (unpaired) electrons. The molecule has 0 saturated heterocycles. The van der Waals surface area contributed by atoms with Gasteiger partial charge in [-0.1, -0.05) is 98.3 Å². The molecule has 0 atom stereocenters. The molecule has 296 valence electrons. The highest BCUT2D eigenvalue weighted by Crippen LogP contribution is 2.43. The van der Waals surface area contributed by atoms with Crippen LogP contribution in [0.15, 0.2) is 4.42 Å². The first-order valence-electron chi connectivity index (χ1n) is 23.8. The molecule has 0 saturated carbocycles. The van der Waals surface area contributed by atoms with Crippen molar-refractivity contribution in [1.82, 2.24) is 0 Å². The molecule has 81 heavy (non-hydrogen) atoms. The average molecular weight is 941 g/mol. The molecule has 10 aromatic carbocycles. The molecule has 0 unspecified atom stereocenters. The van der Waals surface area contributed by atoms with E-state index in [0.29, 0.717) is 0 Å². The maximum Gasteiger partial charge on any atom is 0.128 e. The van der Waals surface area contributed by atoms with E-state index in [1.54, 1.807) is 0 Å². The lowest BCUT2D eigenvalue weighted by atomic mass is 9.55. The molecule has 11 rings (SSSR count). The summed E-state index contributed by atoms with van der Waals surface area (Å²) in [6, 6.07) is 0. The van der Waals surface area contributed by atoms with E-state index < -0.39 is 0 Å². The predicted octanol–water partition coefficient (Wildman–Crippen LogP) is -21.8. The van der Waals surface area contributed by atoms with Crippen LogP contribution >= 0.6 is 0 Å². The fraction of sp³-hybridized carbons (Fsp3) is 0. The minimum atomic E-state index is -0.274. The van der Waals surface area contributed by atoms with Gasteiger partial charge in [-0.3, -0.25) is 0 Å². The van der Waals surface area contributed by atoms with Gasteiger partial charge in [0.05, 0.1) is 0 Å². The van der Waals surface area contributed by atoms with Gasteiger partial charge in [-0.05, 0) is 92.7 Å². The van der Waals surface area contributed by atoms with Crippen LogP contribution in [0.5, 0.6) is 0 Å². The molecular formula is C50B30O. The number of hydrogen-bond acceptors (Lipinski definition) is 1. The molecule has 0 spiro atoms. The van der Waals surface area contributed by atoms with E-state index in [4.69, 9.17) is 240 Å². The van der Waals surface area contributed by atoms with Gasteiger partial charge in [0.1, 0.15) is 247 Å².